The second kappa shape index (κ2) is 4.14. The maximum atomic E-state index is 12.3. The summed E-state index contributed by atoms with van der Waals surface area (Å²) < 4.78 is 24.5. The summed E-state index contributed by atoms with van der Waals surface area (Å²) in [6, 6.07) is 2.04. The molecule has 0 aromatic carbocycles. The Morgan fingerprint density at radius 3 is 2.67 bits per heavy atom. The van der Waals surface area contributed by atoms with E-state index in [1.54, 1.807) is 0 Å². The smallest absolute Gasteiger partial charge is 0.258 e. The number of hydrogen-bond donors (Lipinski definition) is 0. The number of nitrogens with zero attached hydrogens (tertiary/aromatic N) is 3. The zero-order chi connectivity index (χ0) is 11.6. The first-order chi connectivity index (χ1) is 6.97. The molecular weight excluding hydrogens is 232 g/mol. The number of hydrogen-bond acceptors (Lipinski definition) is 4. The molecule has 0 atom stereocenters. The standard InChI is InChI=1S/C7H2ClF2N3O2/c8-3-1-5(13(14)15)4(2-11)12-6(3)7(9)10/h1,7H. The van der Waals surface area contributed by atoms with Gasteiger partial charge in [-0.15, -0.1) is 0 Å². The summed E-state index contributed by atoms with van der Waals surface area (Å²) in [4.78, 5) is 12.6. The lowest BCUT2D eigenvalue weighted by Crippen LogP contribution is -2.00. The fraction of sp³-hybridized carbons (Fsp3) is 0.143. The van der Waals surface area contributed by atoms with Gasteiger partial charge in [-0.25, -0.2) is 13.8 Å². The lowest BCUT2D eigenvalue weighted by molar-refractivity contribution is -0.385. The van der Waals surface area contributed by atoms with E-state index in [2.05, 4.69) is 4.98 Å². The molecule has 0 amide bonds. The Hall–Kier alpha value is -1.81. The molecule has 1 aromatic heterocycles. The third kappa shape index (κ3) is 2.16. The van der Waals surface area contributed by atoms with Gasteiger partial charge >= 0.3 is 5.69 Å². The highest BCUT2D eigenvalue weighted by molar-refractivity contribution is 6.31. The molecule has 0 bridgehead atoms. The highest BCUT2D eigenvalue weighted by Crippen LogP contribution is 2.29. The molecular formula is C7H2ClF2N3O2. The van der Waals surface area contributed by atoms with E-state index in [0.717, 1.165) is 0 Å². The number of nitro groups is 1. The largest absolute Gasteiger partial charge is 0.307 e. The molecule has 0 aliphatic rings. The van der Waals surface area contributed by atoms with Gasteiger partial charge in [0.25, 0.3) is 6.43 Å². The number of alkyl halides is 2. The lowest BCUT2D eigenvalue weighted by Gasteiger charge is -2.02. The van der Waals surface area contributed by atoms with Crippen LogP contribution in [0.2, 0.25) is 5.02 Å². The number of aromatic nitrogens is 1. The first-order valence-corrected chi connectivity index (χ1v) is 3.88. The van der Waals surface area contributed by atoms with Crippen LogP contribution in [0.5, 0.6) is 0 Å². The topological polar surface area (TPSA) is 79.8 Å². The van der Waals surface area contributed by atoms with Crippen LogP contribution in [0.4, 0.5) is 14.5 Å². The highest BCUT2D eigenvalue weighted by atomic mass is 35.5. The van der Waals surface area contributed by atoms with Gasteiger partial charge in [-0.05, 0) is 0 Å². The van der Waals surface area contributed by atoms with Crippen LogP contribution in [-0.2, 0) is 0 Å². The van der Waals surface area contributed by atoms with Crippen LogP contribution in [0.3, 0.4) is 0 Å². The van der Waals surface area contributed by atoms with Gasteiger partial charge in [-0.1, -0.05) is 11.6 Å². The number of nitriles is 1. The fourth-order valence-electron chi connectivity index (χ4n) is 0.868. The lowest BCUT2D eigenvalue weighted by atomic mass is 10.2. The van der Waals surface area contributed by atoms with E-state index >= 15 is 0 Å². The normalized spacial score (nSPS) is 10.1. The van der Waals surface area contributed by atoms with Gasteiger partial charge in [0, 0.05) is 6.07 Å². The second-order valence-corrected chi connectivity index (χ2v) is 2.80. The van der Waals surface area contributed by atoms with Gasteiger partial charge in [0.05, 0.1) is 9.95 Å². The van der Waals surface area contributed by atoms with E-state index < -0.39 is 33.4 Å². The SMILES string of the molecule is N#Cc1nc(C(F)F)c(Cl)cc1[N+](=O)[O-]. The van der Waals surface area contributed by atoms with Gasteiger partial charge in [-0.3, -0.25) is 10.1 Å². The van der Waals surface area contributed by atoms with Crippen molar-refractivity contribution in [2.75, 3.05) is 0 Å². The van der Waals surface area contributed by atoms with Gasteiger partial charge < -0.3 is 0 Å². The van der Waals surface area contributed by atoms with Crippen LogP contribution < -0.4 is 0 Å². The summed E-state index contributed by atoms with van der Waals surface area (Å²) in [5.74, 6) is 0. The van der Waals surface area contributed by atoms with E-state index in [-0.39, 0.29) is 0 Å². The molecule has 0 saturated heterocycles. The van der Waals surface area contributed by atoms with E-state index in [0.29, 0.717) is 6.07 Å². The zero-order valence-corrected chi connectivity index (χ0v) is 7.70. The average Bonchev–Trinajstić information content (AvgIpc) is 2.16. The van der Waals surface area contributed by atoms with Crippen LogP contribution in [0.25, 0.3) is 0 Å². The van der Waals surface area contributed by atoms with Crippen molar-refractivity contribution < 1.29 is 13.7 Å². The third-order valence-electron chi connectivity index (χ3n) is 1.49. The van der Waals surface area contributed by atoms with Crippen molar-refractivity contribution in [2.24, 2.45) is 0 Å². The molecule has 8 heteroatoms. The van der Waals surface area contributed by atoms with Crippen LogP contribution in [0.1, 0.15) is 17.8 Å². The number of halogens is 3. The molecule has 0 radical (unpaired) electrons. The number of pyridine rings is 1. The minimum absolute atomic E-state index is 0.532. The molecule has 0 N–H and O–H groups in total. The van der Waals surface area contributed by atoms with Crippen LogP contribution in [0, 0.1) is 21.4 Å². The Morgan fingerprint density at radius 1 is 1.67 bits per heavy atom. The monoisotopic (exact) mass is 233 g/mol. The van der Waals surface area contributed by atoms with Gasteiger partial charge in [-0.2, -0.15) is 5.26 Å². The van der Waals surface area contributed by atoms with E-state index in [4.69, 9.17) is 16.9 Å². The summed E-state index contributed by atoms with van der Waals surface area (Å²) in [5, 5.41) is 18.3. The minimum atomic E-state index is -2.98. The Kier molecular flexibility index (Phi) is 3.11. The summed E-state index contributed by atoms with van der Waals surface area (Å²) in [6.07, 6.45) is -2.98. The van der Waals surface area contributed by atoms with Gasteiger partial charge in [0.1, 0.15) is 11.8 Å². The Morgan fingerprint density at radius 2 is 2.27 bits per heavy atom. The molecule has 1 heterocycles. The Balaban J connectivity index is 3.44. The van der Waals surface area contributed by atoms with Crippen molar-refractivity contribution in [1.82, 2.24) is 4.98 Å². The summed E-state index contributed by atoms with van der Waals surface area (Å²) in [7, 11) is 0. The maximum Gasteiger partial charge on any atom is 0.307 e. The van der Waals surface area contributed by atoms with Gasteiger partial charge in [0.15, 0.2) is 0 Å². The molecule has 1 aromatic rings. The molecule has 0 unspecified atom stereocenters. The van der Waals surface area contributed by atoms with Crippen molar-refractivity contribution >= 4 is 17.3 Å². The first kappa shape index (κ1) is 11.3. The predicted octanol–water partition coefficient (Wildman–Crippen LogP) is 2.45. The number of rotatable bonds is 2. The van der Waals surface area contributed by atoms with Crippen molar-refractivity contribution in [3.05, 3.63) is 32.6 Å². The Labute approximate surface area is 87.1 Å². The molecule has 0 aliphatic heterocycles. The summed E-state index contributed by atoms with van der Waals surface area (Å²) >= 11 is 5.34. The Bertz CT molecular complexity index is 458. The van der Waals surface area contributed by atoms with Crippen molar-refractivity contribution in [2.45, 2.75) is 6.43 Å². The maximum absolute atomic E-state index is 12.3. The summed E-state index contributed by atoms with van der Waals surface area (Å²) in [5.41, 5.74) is -2.20. The van der Waals surface area contributed by atoms with Crippen molar-refractivity contribution in [3.8, 4) is 6.07 Å². The molecule has 0 aliphatic carbocycles. The van der Waals surface area contributed by atoms with Crippen LogP contribution in [-0.4, -0.2) is 9.91 Å². The molecule has 1 rings (SSSR count). The molecule has 0 spiro atoms. The molecule has 5 nitrogen and oxygen atoms in total. The molecule has 0 saturated carbocycles. The highest BCUT2D eigenvalue weighted by Gasteiger charge is 2.23. The van der Waals surface area contributed by atoms with E-state index in [1.807, 2.05) is 0 Å². The van der Waals surface area contributed by atoms with E-state index in [9.17, 15) is 18.9 Å². The van der Waals surface area contributed by atoms with Crippen molar-refractivity contribution in [3.63, 3.8) is 0 Å². The average molecular weight is 234 g/mol. The second-order valence-electron chi connectivity index (χ2n) is 2.39. The summed E-state index contributed by atoms with van der Waals surface area (Å²) in [6.45, 7) is 0. The van der Waals surface area contributed by atoms with Crippen LogP contribution in [0.15, 0.2) is 6.07 Å². The van der Waals surface area contributed by atoms with Gasteiger partial charge in [0.2, 0.25) is 5.69 Å². The molecule has 78 valence electrons. The first-order valence-electron chi connectivity index (χ1n) is 3.50. The fourth-order valence-corrected chi connectivity index (χ4v) is 1.10. The third-order valence-corrected chi connectivity index (χ3v) is 1.80. The predicted molar refractivity (Wildman–Crippen MR) is 45.6 cm³/mol. The van der Waals surface area contributed by atoms with Crippen LogP contribution >= 0.6 is 11.6 Å². The zero-order valence-electron chi connectivity index (χ0n) is 6.95. The minimum Gasteiger partial charge on any atom is -0.258 e. The molecule has 15 heavy (non-hydrogen) atoms. The molecule has 0 fully saturated rings. The quantitative estimate of drug-likeness (QED) is 0.580. The van der Waals surface area contributed by atoms with E-state index in [1.165, 1.54) is 6.07 Å². The van der Waals surface area contributed by atoms with Crippen molar-refractivity contribution in [1.29, 1.82) is 5.26 Å².